The Hall–Kier alpha value is -0.960. The fourth-order valence-electron chi connectivity index (χ4n) is 1.72. The predicted octanol–water partition coefficient (Wildman–Crippen LogP) is 0.704. The molecule has 0 saturated heterocycles. The number of aromatic nitrogens is 2. The summed E-state index contributed by atoms with van der Waals surface area (Å²) in [5.74, 6) is 0. The first-order valence-electron chi connectivity index (χ1n) is 6.16. The van der Waals surface area contributed by atoms with Gasteiger partial charge in [0.05, 0.1) is 17.9 Å². The maximum absolute atomic E-state index is 12.2. The molecule has 7 nitrogen and oxygen atoms in total. The summed E-state index contributed by atoms with van der Waals surface area (Å²) in [5, 5.41) is 6.52. The second-order valence-corrected chi connectivity index (χ2v) is 5.66. The minimum absolute atomic E-state index is 0.0636. The highest BCUT2D eigenvalue weighted by molar-refractivity contribution is 7.89. The highest BCUT2D eigenvalue weighted by Crippen LogP contribution is 2.16. The molecule has 0 aliphatic carbocycles. The third kappa shape index (κ3) is 4.27. The van der Waals surface area contributed by atoms with Gasteiger partial charge in [-0.3, -0.25) is 5.10 Å². The van der Waals surface area contributed by atoms with Crippen molar-refractivity contribution in [3.8, 4) is 0 Å². The van der Waals surface area contributed by atoms with Crippen LogP contribution in [0.5, 0.6) is 0 Å². The highest BCUT2D eigenvalue weighted by atomic mass is 32.2. The van der Waals surface area contributed by atoms with Crippen LogP contribution in [-0.4, -0.2) is 44.7 Å². The molecule has 19 heavy (non-hydrogen) atoms. The van der Waals surface area contributed by atoms with Crippen molar-refractivity contribution in [3.05, 3.63) is 11.4 Å². The summed E-state index contributed by atoms with van der Waals surface area (Å²) in [4.78, 5) is 0.180. The van der Waals surface area contributed by atoms with Crippen molar-refractivity contribution in [2.24, 2.45) is 0 Å². The van der Waals surface area contributed by atoms with Crippen molar-refractivity contribution in [1.29, 1.82) is 0 Å². The van der Waals surface area contributed by atoms with Gasteiger partial charge >= 0.3 is 0 Å². The van der Waals surface area contributed by atoms with E-state index < -0.39 is 16.3 Å². The molecule has 0 radical (unpaired) electrons. The Bertz CT molecular complexity index is 473. The molecule has 2 N–H and O–H groups in total. The molecule has 0 aliphatic heterocycles. The van der Waals surface area contributed by atoms with Gasteiger partial charge in [-0.05, 0) is 27.7 Å². The monoisotopic (exact) mass is 291 g/mol. The maximum atomic E-state index is 12.2. The van der Waals surface area contributed by atoms with Crippen molar-refractivity contribution >= 4 is 10.0 Å². The summed E-state index contributed by atoms with van der Waals surface area (Å²) in [5.41, 5.74) is 0.948. The number of aromatic amines is 1. The second-order valence-electron chi connectivity index (χ2n) is 3.96. The van der Waals surface area contributed by atoms with E-state index in [1.165, 1.54) is 0 Å². The summed E-state index contributed by atoms with van der Waals surface area (Å²) in [6.07, 6.45) is -0.586. The van der Waals surface area contributed by atoms with Gasteiger partial charge in [0.15, 0.2) is 6.29 Å². The fourth-order valence-corrected chi connectivity index (χ4v) is 3.11. The SMILES string of the molecule is CCOC(CNS(=O)(=O)c1c(C)n[nH]c1C)OCC. The second kappa shape index (κ2) is 6.99. The fraction of sp³-hybridized carbons (Fsp3) is 0.727. The molecule has 1 aromatic rings. The minimum atomic E-state index is -3.61. The van der Waals surface area contributed by atoms with Gasteiger partial charge in [0, 0.05) is 13.2 Å². The molecule has 0 atom stereocenters. The van der Waals surface area contributed by atoms with E-state index in [1.54, 1.807) is 13.8 Å². The quantitative estimate of drug-likeness (QED) is 0.688. The number of nitrogens with zero attached hydrogens (tertiary/aromatic N) is 1. The van der Waals surface area contributed by atoms with E-state index in [0.29, 0.717) is 24.6 Å². The maximum Gasteiger partial charge on any atom is 0.244 e. The van der Waals surface area contributed by atoms with Crippen molar-refractivity contribution in [2.75, 3.05) is 19.8 Å². The van der Waals surface area contributed by atoms with Gasteiger partial charge in [-0.1, -0.05) is 0 Å². The lowest BCUT2D eigenvalue weighted by Crippen LogP contribution is -2.35. The largest absolute Gasteiger partial charge is 0.352 e. The molecule has 0 spiro atoms. The van der Waals surface area contributed by atoms with Crippen LogP contribution in [0.3, 0.4) is 0 Å². The van der Waals surface area contributed by atoms with Crippen molar-refractivity contribution in [2.45, 2.75) is 38.9 Å². The molecule has 1 aromatic heterocycles. The van der Waals surface area contributed by atoms with Gasteiger partial charge in [0.25, 0.3) is 0 Å². The van der Waals surface area contributed by atoms with Gasteiger partial charge in [0.1, 0.15) is 4.90 Å². The summed E-state index contributed by atoms with van der Waals surface area (Å²) in [6.45, 7) is 7.92. The van der Waals surface area contributed by atoms with E-state index in [9.17, 15) is 8.42 Å². The van der Waals surface area contributed by atoms with Crippen LogP contribution in [0.1, 0.15) is 25.2 Å². The molecule has 0 amide bonds. The van der Waals surface area contributed by atoms with Crippen LogP contribution in [0.15, 0.2) is 4.90 Å². The zero-order valence-corrected chi connectivity index (χ0v) is 12.5. The summed E-state index contributed by atoms with van der Waals surface area (Å²) in [7, 11) is -3.61. The molecule has 0 saturated carbocycles. The first kappa shape index (κ1) is 16.1. The average molecular weight is 291 g/mol. The molecule has 0 aliphatic rings. The molecule has 1 heterocycles. The number of sulfonamides is 1. The molecule has 110 valence electrons. The third-order valence-electron chi connectivity index (χ3n) is 2.47. The van der Waals surface area contributed by atoms with E-state index in [-0.39, 0.29) is 11.4 Å². The van der Waals surface area contributed by atoms with E-state index in [0.717, 1.165) is 0 Å². The zero-order chi connectivity index (χ0) is 14.5. The minimum Gasteiger partial charge on any atom is -0.352 e. The number of aryl methyl sites for hydroxylation is 2. The van der Waals surface area contributed by atoms with Crippen LogP contribution >= 0.6 is 0 Å². The van der Waals surface area contributed by atoms with Gasteiger partial charge in [-0.15, -0.1) is 0 Å². The van der Waals surface area contributed by atoms with Crippen LogP contribution in [0, 0.1) is 13.8 Å². The van der Waals surface area contributed by atoms with Crippen LogP contribution in [0.4, 0.5) is 0 Å². The Kier molecular flexibility index (Phi) is 5.92. The topological polar surface area (TPSA) is 93.3 Å². The van der Waals surface area contributed by atoms with Crippen LogP contribution in [-0.2, 0) is 19.5 Å². The lowest BCUT2D eigenvalue weighted by atomic mass is 10.4. The van der Waals surface area contributed by atoms with E-state index >= 15 is 0 Å². The van der Waals surface area contributed by atoms with Crippen LogP contribution < -0.4 is 4.72 Å². The summed E-state index contributed by atoms with van der Waals surface area (Å²) < 4.78 is 37.4. The van der Waals surface area contributed by atoms with Gasteiger partial charge in [-0.25, -0.2) is 13.1 Å². The Morgan fingerprint density at radius 2 is 1.84 bits per heavy atom. The Labute approximate surface area is 113 Å². The normalized spacial score (nSPS) is 12.3. The van der Waals surface area contributed by atoms with Crippen molar-refractivity contribution in [3.63, 3.8) is 0 Å². The number of rotatable bonds is 8. The molecule has 1 rings (SSSR count). The molecular formula is C11H21N3O4S. The van der Waals surface area contributed by atoms with Crippen molar-refractivity contribution < 1.29 is 17.9 Å². The highest BCUT2D eigenvalue weighted by Gasteiger charge is 2.23. The number of hydrogen-bond acceptors (Lipinski definition) is 5. The third-order valence-corrected chi connectivity index (χ3v) is 4.16. The molecule has 8 heteroatoms. The van der Waals surface area contributed by atoms with Crippen LogP contribution in [0.25, 0.3) is 0 Å². The van der Waals surface area contributed by atoms with Crippen molar-refractivity contribution in [1.82, 2.24) is 14.9 Å². The molecule has 0 fully saturated rings. The smallest absolute Gasteiger partial charge is 0.244 e. The number of ether oxygens (including phenoxy) is 2. The first-order chi connectivity index (χ1) is 8.92. The summed E-state index contributed by atoms with van der Waals surface area (Å²) >= 11 is 0. The lowest BCUT2D eigenvalue weighted by molar-refractivity contribution is -0.130. The first-order valence-corrected chi connectivity index (χ1v) is 7.65. The number of hydrogen-bond donors (Lipinski definition) is 2. The van der Waals surface area contributed by atoms with Gasteiger partial charge < -0.3 is 9.47 Å². The Morgan fingerprint density at radius 1 is 1.26 bits per heavy atom. The zero-order valence-electron chi connectivity index (χ0n) is 11.7. The van der Waals surface area contributed by atoms with Crippen LogP contribution in [0.2, 0.25) is 0 Å². The molecule has 0 aromatic carbocycles. The Balaban J connectivity index is 2.75. The molecular weight excluding hydrogens is 270 g/mol. The molecule has 0 unspecified atom stereocenters. The summed E-state index contributed by atoms with van der Waals surface area (Å²) in [6, 6.07) is 0. The van der Waals surface area contributed by atoms with E-state index in [2.05, 4.69) is 14.9 Å². The van der Waals surface area contributed by atoms with Gasteiger partial charge in [0.2, 0.25) is 10.0 Å². The number of H-pyrrole nitrogens is 1. The number of nitrogens with one attached hydrogen (secondary N) is 2. The predicted molar refractivity (Wildman–Crippen MR) is 70.3 cm³/mol. The standard InChI is InChI=1S/C11H21N3O4S/c1-5-17-10(18-6-2)7-12-19(15,16)11-8(3)13-14-9(11)4/h10,12H,5-7H2,1-4H3,(H,13,14). The lowest BCUT2D eigenvalue weighted by Gasteiger charge is -2.17. The van der Waals surface area contributed by atoms with E-state index in [1.807, 2.05) is 13.8 Å². The molecule has 0 bridgehead atoms. The van der Waals surface area contributed by atoms with Gasteiger partial charge in [-0.2, -0.15) is 5.10 Å². The average Bonchev–Trinajstić information content (AvgIpc) is 2.67. The Morgan fingerprint density at radius 3 is 2.26 bits per heavy atom. The van der Waals surface area contributed by atoms with E-state index in [4.69, 9.17) is 9.47 Å².